The molecule has 0 N–H and O–H groups in total. The fourth-order valence-electron chi connectivity index (χ4n) is 4.67. The number of hydrogen-bond donors (Lipinski definition) is 0. The lowest BCUT2D eigenvalue weighted by molar-refractivity contribution is -0.134. The lowest BCUT2D eigenvalue weighted by Crippen LogP contribution is -2.54. The van der Waals surface area contributed by atoms with Crippen LogP contribution in [0.3, 0.4) is 0 Å². The molecular weight excluding hydrogens is 516 g/mol. The highest BCUT2D eigenvalue weighted by Crippen LogP contribution is 2.55. The molecular formula is C30H23ClN4O2S. The van der Waals surface area contributed by atoms with Gasteiger partial charge in [-0.05, 0) is 55.1 Å². The molecule has 0 aliphatic carbocycles. The number of halogens is 1. The molecule has 4 aromatic rings. The zero-order valence-electron chi connectivity index (χ0n) is 20.5. The van der Waals surface area contributed by atoms with E-state index in [1.165, 1.54) is 11.8 Å². The Bertz CT molecular complexity index is 1540. The molecule has 188 valence electrons. The summed E-state index contributed by atoms with van der Waals surface area (Å²) in [6.45, 7) is 2.05. The van der Waals surface area contributed by atoms with Crippen LogP contribution < -0.4 is 10.0 Å². The summed E-state index contributed by atoms with van der Waals surface area (Å²) in [6, 6.07) is 35.5. The minimum Gasteiger partial charge on any atom is -0.461 e. The van der Waals surface area contributed by atoms with Crippen molar-refractivity contribution in [3.05, 3.63) is 131 Å². The maximum absolute atomic E-state index is 13.1. The molecule has 6 rings (SSSR count). The molecule has 8 heteroatoms. The fraction of sp³-hybridized carbons (Fsp3) is 0.100. The molecule has 4 aromatic carbocycles. The van der Waals surface area contributed by atoms with E-state index in [1.54, 1.807) is 6.92 Å². The Balaban J connectivity index is 1.64. The summed E-state index contributed by atoms with van der Waals surface area (Å²) < 4.78 is 5.39. The van der Waals surface area contributed by atoms with Crippen molar-refractivity contribution in [2.45, 2.75) is 11.9 Å². The average Bonchev–Trinajstić information content (AvgIpc) is 3.36. The van der Waals surface area contributed by atoms with Crippen molar-refractivity contribution in [2.75, 3.05) is 16.6 Å². The third-order valence-corrected chi connectivity index (χ3v) is 7.85. The first-order valence-electron chi connectivity index (χ1n) is 12.2. The minimum absolute atomic E-state index is 0.259. The molecule has 0 saturated carbocycles. The van der Waals surface area contributed by atoms with E-state index in [0.717, 1.165) is 33.8 Å². The number of hydrazone groups is 2. The zero-order valence-corrected chi connectivity index (χ0v) is 22.1. The van der Waals surface area contributed by atoms with E-state index in [9.17, 15) is 4.79 Å². The van der Waals surface area contributed by atoms with Gasteiger partial charge in [-0.3, -0.25) is 0 Å². The molecule has 0 bridgehead atoms. The molecule has 6 nitrogen and oxygen atoms in total. The van der Waals surface area contributed by atoms with Gasteiger partial charge in [-0.15, -0.1) is 0 Å². The van der Waals surface area contributed by atoms with Gasteiger partial charge >= 0.3 is 5.97 Å². The van der Waals surface area contributed by atoms with Crippen LogP contribution in [0, 0.1) is 0 Å². The second kappa shape index (κ2) is 10.0. The number of para-hydroxylation sites is 2. The Labute approximate surface area is 230 Å². The number of esters is 1. The van der Waals surface area contributed by atoms with Crippen molar-refractivity contribution in [1.29, 1.82) is 0 Å². The van der Waals surface area contributed by atoms with Gasteiger partial charge in [0.25, 0.3) is 0 Å². The number of anilines is 2. The van der Waals surface area contributed by atoms with Gasteiger partial charge in [0.05, 0.1) is 23.7 Å². The van der Waals surface area contributed by atoms with Gasteiger partial charge in [-0.25, -0.2) is 14.8 Å². The van der Waals surface area contributed by atoms with E-state index >= 15 is 0 Å². The standard InChI is InChI=1S/C30H23ClN4O2S/c1-2-37-29(36)28-33-35(24-13-7-4-8-14-24)30(38-28)26-16-10-9-15-25(26)27(21-17-19-22(31)20-18-21)32-34(30)23-11-5-3-6-12-23/h3-20H,2H2,1H3. The first-order chi connectivity index (χ1) is 18.6. The fourth-order valence-corrected chi connectivity index (χ4v) is 6.08. The summed E-state index contributed by atoms with van der Waals surface area (Å²) >= 11 is 7.54. The second-order valence-electron chi connectivity index (χ2n) is 8.63. The molecule has 0 amide bonds. The smallest absolute Gasteiger partial charge is 0.365 e. The number of thioether (sulfide) groups is 1. The molecule has 1 atom stereocenters. The Morgan fingerprint density at radius 3 is 2.03 bits per heavy atom. The highest BCUT2D eigenvalue weighted by Gasteiger charge is 2.56. The van der Waals surface area contributed by atoms with Crippen LogP contribution >= 0.6 is 23.4 Å². The Hall–Kier alpha value is -4.07. The van der Waals surface area contributed by atoms with Gasteiger partial charge in [0.1, 0.15) is 0 Å². The zero-order chi connectivity index (χ0) is 26.1. The monoisotopic (exact) mass is 538 g/mol. The Morgan fingerprint density at radius 2 is 1.39 bits per heavy atom. The van der Waals surface area contributed by atoms with Crippen LogP contribution in [0.1, 0.15) is 23.6 Å². The molecule has 0 fully saturated rings. The molecule has 0 aromatic heterocycles. The SMILES string of the molecule is CCOC(=O)C1=NN(c2ccccc2)C2(S1)c1ccccc1C(c1ccc(Cl)cc1)=NN2c1ccccc1. The van der Waals surface area contributed by atoms with E-state index in [2.05, 4.69) is 12.1 Å². The van der Waals surface area contributed by atoms with Crippen LogP contribution in [0.4, 0.5) is 11.4 Å². The van der Waals surface area contributed by atoms with Crippen LogP contribution in [0.2, 0.25) is 5.02 Å². The number of ether oxygens (including phenoxy) is 1. The number of carbonyl (C=O) groups is 1. The van der Waals surface area contributed by atoms with Crippen molar-refractivity contribution >= 4 is 51.5 Å². The largest absolute Gasteiger partial charge is 0.461 e. The van der Waals surface area contributed by atoms with E-state index in [0.29, 0.717) is 5.02 Å². The third-order valence-electron chi connectivity index (χ3n) is 6.31. The minimum atomic E-state index is -1.03. The van der Waals surface area contributed by atoms with Gasteiger partial charge in [0.2, 0.25) is 10.0 Å². The van der Waals surface area contributed by atoms with Gasteiger partial charge in [0, 0.05) is 21.7 Å². The summed E-state index contributed by atoms with van der Waals surface area (Å²) in [5.41, 5.74) is 5.28. The molecule has 0 saturated heterocycles. The number of fused-ring (bicyclic) bond motifs is 2. The number of nitrogens with zero attached hydrogens (tertiary/aromatic N) is 4. The van der Waals surface area contributed by atoms with E-state index < -0.39 is 11.0 Å². The van der Waals surface area contributed by atoms with Crippen LogP contribution in [0.25, 0.3) is 0 Å². The number of carbonyl (C=O) groups excluding carboxylic acids is 1. The highest BCUT2D eigenvalue weighted by atomic mass is 35.5. The molecule has 38 heavy (non-hydrogen) atoms. The topological polar surface area (TPSA) is 57.5 Å². The van der Waals surface area contributed by atoms with Crippen molar-refractivity contribution < 1.29 is 9.53 Å². The van der Waals surface area contributed by atoms with E-state index in [1.807, 2.05) is 107 Å². The molecule has 2 aliphatic rings. The molecule has 2 heterocycles. The highest BCUT2D eigenvalue weighted by molar-refractivity contribution is 8.16. The number of hydrogen-bond acceptors (Lipinski definition) is 7. The summed E-state index contributed by atoms with van der Waals surface area (Å²) in [4.78, 5) is 12.0. The lowest BCUT2D eigenvalue weighted by atomic mass is 9.93. The van der Waals surface area contributed by atoms with Gasteiger partial charge in [0.15, 0.2) is 0 Å². The van der Waals surface area contributed by atoms with Crippen molar-refractivity contribution in [1.82, 2.24) is 0 Å². The first kappa shape index (κ1) is 24.3. The molecule has 1 unspecified atom stereocenters. The van der Waals surface area contributed by atoms with Gasteiger partial charge in [-0.1, -0.05) is 84.4 Å². The normalized spacial score (nSPS) is 18.2. The predicted octanol–water partition coefficient (Wildman–Crippen LogP) is 6.85. The van der Waals surface area contributed by atoms with Crippen LogP contribution in [0.5, 0.6) is 0 Å². The van der Waals surface area contributed by atoms with E-state index in [-0.39, 0.29) is 11.7 Å². The maximum atomic E-state index is 13.1. The Morgan fingerprint density at radius 1 is 0.816 bits per heavy atom. The summed E-state index contributed by atoms with van der Waals surface area (Å²) in [6.07, 6.45) is 0. The summed E-state index contributed by atoms with van der Waals surface area (Å²) in [7, 11) is 0. The van der Waals surface area contributed by atoms with Crippen molar-refractivity contribution in [3.63, 3.8) is 0 Å². The van der Waals surface area contributed by atoms with E-state index in [4.69, 9.17) is 26.5 Å². The summed E-state index contributed by atoms with van der Waals surface area (Å²) in [5.74, 6) is -0.465. The average molecular weight is 539 g/mol. The number of benzene rings is 4. The molecule has 1 spiro atoms. The van der Waals surface area contributed by atoms with Crippen molar-refractivity contribution in [2.24, 2.45) is 10.2 Å². The maximum Gasteiger partial charge on any atom is 0.365 e. The quantitative estimate of drug-likeness (QED) is 0.260. The second-order valence-corrected chi connectivity index (χ2v) is 10.2. The summed E-state index contributed by atoms with van der Waals surface area (Å²) in [5, 5.41) is 14.9. The molecule has 0 radical (unpaired) electrons. The first-order valence-corrected chi connectivity index (χ1v) is 13.4. The van der Waals surface area contributed by atoms with Gasteiger partial charge < -0.3 is 4.74 Å². The predicted molar refractivity (Wildman–Crippen MR) is 155 cm³/mol. The van der Waals surface area contributed by atoms with Crippen molar-refractivity contribution in [3.8, 4) is 0 Å². The number of rotatable bonds is 5. The molecule has 2 aliphatic heterocycles. The van der Waals surface area contributed by atoms with Gasteiger partial charge in [-0.2, -0.15) is 10.2 Å². The third kappa shape index (κ3) is 4.04. The van der Waals surface area contributed by atoms with Crippen LogP contribution in [-0.2, 0) is 14.5 Å². The lowest BCUT2D eigenvalue weighted by Gasteiger charge is -2.47. The Kier molecular flexibility index (Phi) is 6.39. The van der Waals surface area contributed by atoms with Crippen LogP contribution in [-0.4, -0.2) is 23.3 Å². The van der Waals surface area contributed by atoms with Crippen LogP contribution in [0.15, 0.2) is 119 Å².